The van der Waals surface area contributed by atoms with Crippen molar-refractivity contribution in [1.82, 2.24) is 5.32 Å². The van der Waals surface area contributed by atoms with Crippen LogP contribution in [-0.4, -0.2) is 11.8 Å². The van der Waals surface area contributed by atoms with Crippen molar-refractivity contribution in [3.05, 3.63) is 65.2 Å². The van der Waals surface area contributed by atoms with E-state index in [1.807, 2.05) is 50.2 Å². The molecule has 0 saturated heterocycles. The molecule has 2 aromatic rings. The fourth-order valence-corrected chi connectivity index (χ4v) is 2.25. The van der Waals surface area contributed by atoms with E-state index in [0.29, 0.717) is 11.3 Å². The number of aryl methyl sites for hydroxylation is 1. The number of anilines is 1. The van der Waals surface area contributed by atoms with Crippen molar-refractivity contribution < 1.29 is 9.59 Å². The molecular formula is C18H20N2O2. The van der Waals surface area contributed by atoms with Gasteiger partial charge in [0.2, 0.25) is 5.91 Å². The molecule has 0 fully saturated rings. The minimum atomic E-state index is -0.159. The quantitative estimate of drug-likeness (QED) is 0.908. The van der Waals surface area contributed by atoms with Gasteiger partial charge >= 0.3 is 0 Å². The van der Waals surface area contributed by atoms with Crippen LogP contribution < -0.4 is 10.6 Å². The molecule has 2 rings (SSSR count). The first-order chi connectivity index (χ1) is 10.5. The number of carbonyl (C=O) groups is 2. The van der Waals surface area contributed by atoms with Crippen LogP contribution in [-0.2, 0) is 4.79 Å². The van der Waals surface area contributed by atoms with Crippen LogP contribution in [0.15, 0.2) is 48.5 Å². The number of nitrogens with one attached hydrogen (secondary N) is 2. The Bertz CT molecular complexity index is 681. The summed E-state index contributed by atoms with van der Waals surface area (Å²) in [4.78, 5) is 23.6. The van der Waals surface area contributed by atoms with E-state index in [-0.39, 0.29) is 17.9 Å². The number of rotatable bonds is 4. The summed E-state index contributed by atoms with van der Waals surface area (Å²) in [5.74, 6) is -0.311. The van der Waals surface area contributed by atoms with Gasteiger partial charge in [0.25, 0.3) is 5.91 Å². The van der Waals surface area contributed by atoms with Crippen molar-refractivity contribution in [1.29, 1.82) is 0 Å². The van der Waals surface area contributed by atoms with Crippen molar-refractivity contribution in [3.8, 4) is 0 Å². The molecule has 2 aromatic carbocycles. The molecule has 0 saturated carbocycles. The minimum Gasteiger partial charge on any atom is -0.346 e. The highest BCUT2D eigenvalue weighted by molar-refractivity contribution is 5.98. The summed E-state index contributed by atoms with van der Waals surface area (Å²) in [7, 11) is 0. The number of hydrogen-bond acceptors (Lipinski definition) is 2. The topological polar surface area (TPSA) is 58.2 Å². The van der Waals surface area contributed by atoms with Crippen LogP contribution in [0.2, 0.25) is 0 Å². The van der Waals surface area contributed by atoms with E-state index in [1.54, 1.807) is 12.1 Å². The van der Waals surface area contributed by atoms with Crippen LogP contribution in [0.25, 0.3) is 0 Å². The molecule has 2 N–H and O–H groups in total. The molecule has 0 aliphatic heterocycles. The first-order valence-electron chi connectivity index (χ1n) is 7.21. The van der Waals surface area contributed by atoms with Gasteiger partial charge in [-0.2, -0.15) is 0 Å². The van der Waals surface area contributed by atoms with E-state index in [9.17, 15) is 9.59 Å². The number of carbonyl (C=O) groups excluding carboxylic acids is 2. The van der Waals surface area contributed by atoms with Gasteiger partial charge in [-0.3, -0.25) is 9.59 Å². The highest BCUT2D eigenvalue weighted by Crippen LogP contribution is 2.18. The number of benzene rings is 2. The van der Waals surface area contributed by atoms with Crippen LogP contribution >= 0.6 is 0 Å². The zero-order chi connectivity index (χ0) is 16.1. The molecule has 0 heterocycles. The number of hydrogen-bond donors (Lipinski definition) is 2. The Kier molecular flexibility index (Phi) is 4.94. The Labute approximate surface area is 130 Å². The Morgan fingerprint density at radius 2 is 1.73 bits per heavy atom. The maximum absolute atomic E-state index is 12.5. The van der Waals surface area contributed by atoms with E-state index in [4.69, 9.17) is 0 Å². The summed E-state index contributed by atoms with van der Waals surface area (Å²) in [6.07, 6.45) is 0. The molecule has 0 spiro atoms. The first kappa shape index (κ1) is 15.8. The monoisotopic (exact) mass is 296 g/mol. The molecule has 0 radical (unpaired) electrons. The predicted molar refractivity (Wildman–Crippen MR) is 87.8 cm³/mol. The van der Waals surface area contributed by atoms with Crippen LogP contribution in [0, 0.1) is 6.92 Å². The van der Waals surface area contributed by atoms with E-state index >= 15 is 0 Å². The molecular weight excluding hydrogens is 276 g/mol. The summed E-state index contributed by atoms with van der Waals surface area (Å²) >= 11 is 0. The SMILES string of the molecule is CC(=O)Nc1ccc(C)c(C(=O)N[C@H](C)c2ccccc2)c1. The van der Waals surface area contributed by atoms with Crippen LogP contribution in [0.4, 0.5) is 5.69 Å². The van der Waals surface area contributed by atoms with Gasteiger partial charge in [-0.25, -0.2) is 0 Å². The van der Waals surface area contributed by atoms with Gasteiger partial charge < -0.3 is 10.6 Å². The Hall–Kier alpha value is -2.62. The van der Waals surface area contributed by atoms with E-state index < -0.39 is 0 Å². The molecule has 0 bridgehead atoms. The molecule has 0 unspecified atom stereocenters. The van der Waals surface area contributed by atoms with Crippen LogP contribution in [0.1, 0.15) is 41.4 Å². The fraction of sp³-hybridized carbons (Fsp3) is 0.222. The lowest BCUT2D eigenvalue weighted by atomic mass is 10.0. The second-order valence-corrected chi connectivity index (χ2v) is 5.32. The third kappa shape index (κ3) is 3.95. The average molecular weight is 296 g/mol. The van der Waals surface area contributed by atoms with E-state index in [0.717, 1.165) is 11.1 Å². The first-order valence-corrected chi connectivity index (χ1v) is 7.21. The maximum atomic E-state index is 12.5. The zero-order valence-corrected chi connectivity index (χ0v) is 13.0. The third-order valence-electron chi connectivity index (χ3n) is 3.45. The Morgan fingerprint density at radius 3 is 2.36 bits per heavy atom. The molecule has 22 heavy (non-hydrogen) atoms. The Balaban J connectivity index is 2.17. The van der Waals surface area contributed by atoms with Crippen molar-refractivity contribution in [2.24, 2.45) is 0 Å². The lowest BCUT2D eigenvalue weighted by molar-refractivity contribution is -0.114. The van der Waals surface area contributed by atoms with Crippen molar-refractivity contribution in [3.63, 3.8) is 0 Å². The molecule has 0 aliphatic carbocycles. The molecule has 1 atom stereocenters. The molecule has 0 aliphatic rings. The Morgan fingerprint density at radius 1 is 1.05 bits per heavy atom. The van der Waals surface area contributed by atoms with Gasteiger partial charge in [-0.15, -0.1) is 0 Å². The summed E-state index contributed by atoms with van der Waals surface area (Å²) in [5.41, 5.74) is 3.10. The minimum absolute atomic E-state index is 0.0856. The zero-order valence-electron chi connectivity index (χ0n) is 13.0. The fourth-order valence-electron chi connectivity index (χ4n) is 2.25. The summed E-state index contributed by atoms with van der Waals surface area (Å²) in [6.45, 7) is 5.26. The molecule has 4 heteroatoms. The smallest absolute Gasteiger partial charge is 0.252 e. The van der Waals surface area contributed by atoms with E-state index in [2.05, 4.69) is 10.6 Å². The highest BCUT2D eigenvalue weighted by Gasteiger charge is 2.14. The molecule has 114 valence electrons. The lowest BCUT2D eigenvalue weighted by Gasteiger charge is -2.16. The normalized spacial score (nSPS) is 11.6. The van der Waals surface area contributed by atoms with Gasteiger partial charge in [0, 0.05) is 18.2 Å². The summed E-state index contributed by atoms with van der Waals surface area (Å²) in [5, 5.41) is 5.68. The number of amides is 2. The summed E-state index contributed by atoms with van der Waals surface area (Å²) < 4.78 is 0. The highest BCUT2D eigenvalue weighted by atomic mass is 16.2. The second kappa shape index (κ2) is 6.89. The second-order valence-electron chi connectivity index (χ2n) is 5.32. The maximum Gasteiger partial charge on any atom is 0.252 e. The third-order valence-corrected chi connectivity index (χ3v) is 3.45. The largest absolute Gasteiger partial charge is 0.346 e. The van der Waals surface area contributed by atoms with Crippen molar-refractivity contribution in [2.45, 2.75) is 26.8 Å². The standard InChI is InChI=1S/C18H20N2O2/c1-12-9-10-16(20-14(3)21)11-17(12)18(22)19-13(2)15-7-5-4-6-8-15/h4-11,13H,1-3H3,(H,19,22)(H,20,21)/t13-/m1/s1. The van der Waals surface area contributed by atoms with Gasteiger partial charge in [0.1, 0.15) is 0 Å². The molecule has 2 amide bonds. The van der Waals surface area contributed by atoms with Crippen molar-refractivity contribution in [2.75, 3.05) is 5.32 Å². The lowest BCUT2D eigenvalue weighted by Crippen LogP contribution is -2.27. The molecule has 4 nitrogen and oxygen atoms in total. The van der Waals surface area contributed by atoms with Gasteiger partial charge in [0.05, 0.1) is 6.04 Å². The average Bonchev–Trinajstić information content (AvgIpc) is 2.49. The van der Waals surface area contributed by atoms with Crippen LogP contribution in [0.5, 0.6) is 0 Å². The van der Waals surface area contributed by atoms with Crippen molar-refractivity contribution >= 4 is 17.5 Å². The van der Waals surface area contributed by atoms with Gasteiger partial charge in [-0.1, -0.05) is 36.4 Å². The van der Waals surface area contributed by atoms with E-state index in [1.165, 1.54) is 6.92 Å². The summed E-state index contributed by atoms with van der Waals surface area (Å²) in [6, 6.07) is 15.0. The van der Waals surface area contributed by atoms with Crippen LogP contribution in [0.3, 0.4) is 0 Å². The van der Waals surface area contributed by atoms with Gasteiger partial charge in [-0.05, 0) is 37.1 Å². The van der Waals surface area contributed by atoms with Gasteiger partial charge in [0.15, 0.2) is 0 Å². The predicted octanol–water partition coefficient (Wildman–Crippen LogP) is 3.44. The molecule has 0 aromatic heterocycles.